The van der Waals surface area contributed by atoms with E-state index in [-0.39, 0.29) is 18.1 Å². The van der Waals surface area contributed by atoms with Crippen molar-refractivity contribution in [2.24, 2.45) is 5.11 Å². The quantitative estimate of drug-likeness (QED) is 0.150. The maximum Gasteiger partial charge on any atom is 0.297 e. The number of nitrogens with zero attached hydrogens (tertiary/aromatic N) is 3. The van der Waals surface area contributed by atoms with Gasteiger partial charge in [0.25, 0.3) is 10.1 Å². The van der Waals surface area contributed by atoms with E-state index >= 15 is 0 Å². The number of azide groups is 1. The summed E-state index contributed by atoms with van der Waals surface area (Å²) in [5, 5.41) is 3.34. The zero-order valence-corrected chi connectivity index (χ0v) is 15.7. The predicted octanol–water partition coefficient (Wildman–Crippen LogP) is 2.45. The van der Waals surface area contributed by atoms with Crippen molar-refractivity contribution in [1.29, 1.82) is 0 Å². The molecule has 0 aliphatic rings. The van der Waals surface area contributed by atoms with Gasteiger partial charge in [-0.2, -0.15) is 8.42 Å². The van der Waals surface area contributed by atoms with Crippen LogP contribution in [0.15, 0.2) is 34.3 Å². The standard InChI is InChI=1S/C16H25N3O6S/c1-15-3-5-16(6-4-15)26(20,21)25-14-13-23-9-2-8-22-11-12-24-10-7-18-19-17/h3-6H,2,7-14H2,1H3. The van der Waals surface area contributed by atoms with Crippen LogP contribution in [0.4, 0.5) is 0 Å². The molecular weight excluding hydrogens is 362 g/mol. The maximum absolute atomic E-state index is 11.9. The van der Waals surface area contributed by atoms with Crippen molar-refractivity contribution < 1.29 is 26.8 Å². The maximum atomic E-state index is 11.9. The molecule has 26 heavy (non-hydrogen) atoms. The van der Waals surface area contributed by atoms with Crippen LogP contribution >= 0.6 is 0 Å². The second-order valence-electron chi connectivity index (χ2n) is 5.23. The molecule has 0 radical (unpaired) electrons. The molecule has 0 spiro atoms. The molecular formula is C16H25N3O6S. The van der Waals surface area contributed by atoms with Gasteiger partial charge in [-0.1, -0.05) is 22.8 Å². The van der Waals surface area contributed by atoms with Crippen LogP contribution < -0.4 is 0 Å². The molecule has 0 unspecified atom stereocenters. The number of benzene rings is 1. The third kappa shape index (κ3) is 10.3. The average Bonchev–Trinajstić information content (AvgIpc) is 2.62. The van der Waals surface area contributed by atoms with E-state index in [9.17, 15) is 8.42 Å². The molecule has 10 heteroatoms. The Bertz CT molecular complexity index is 644. The first-order valence-electron chi connectivity index (χ1n) is 8.26. The second kappa shape index (κ2) is 13.5. The highest BCUT2D eigenvalue weighted by Gasteiger charge is 2.14. The lowest BCUT2D eigenvalue weighted by atomic mass is 10.2. The number of hydrogen-bond donors (Lipinski definition) is 0. The fraction of sp³-hybridized carbons (Fsp3) is 0.625. The van der Waals surface area contributed by atoms with Crippen LogP contribution in [0, 0.1) is 6.92 Å². The Morgan fingerprint density at radius 3 is 2.12 bits per heavy atom. The Morgan fingerprint density at radius 1 is 0.923 bits per heavy atom. The second-order valence-corrected chi connectivity index (χ2v) is 6.85. The third-order valence-corrected chi connectivity index (χ3v) is 4.45. The SMILES string of the molecule is Cc1ccc(S(=O)(=O)OCCOCCCOCCOCCN=[N+]=[N-])cc1. The largest absolute Gasteiger partial charge is 0.379 e. The summed E-state index contributed by atoms with van der Waals surface area (Å²) in [6.07, 6.45) is 0.684. The van der Waals surface area contributed by atoms with E-state index < -0.39 is 10.1 Å². The van der Waals surface area contributed by atoms with Crippen LogP contribution in [-0.2, 0) is 28.5 Å². The Kier molecular flexibility index (Phi) is 11.6. The van der Waals surface area contributed by atoms with E-state index in [2.05, 4.69) is 10.0 Å². The Labute approximate surface area is 154 Å². The van der Waals surface area contributed by atoms with Gasteiger partial charge in [-0.15, -0.1) is 0 Å². The van der Waals surface area contributed by atoms with Crippen molar-refractivity contribution >= 4 is 10.1 Å². The first-order chi connectivity index (χ1) is 12.6. The third-order valence-electron chi connectivity index (χ3n) is 3.12. The highest BCUT2D eigenvalue weighted by atomic mass is 32.2. The molecule has 1 rings (SSSR count). The van der Waals surface area contributed by atoms with Crippen molar-refractivity contribution in [3.63, 3.8) is 0 Å². The Hall–Kier alpha value is -1.68. The molecule has 0 aliphatic carbocycles. The Balaban J connectivity index is 1.96. The normalized spacial score (nSPS) is 11.3. The number of ether oxygens (including phenoxy) is 3. The molecule has 0 bridgehead atoms. The molecule has 0 aromatic heterocycles. The van der Waals surface area contributed by atoms with Gasteiger partial charge < -0.3 is 14.2 Å². The summed E-state index contributed by atoms with van der Waals surface area (Å²) in [6, 6.07) is 6.47. The van der Waals surface area contributed by atoms with Gasteiger partial charge in [0.2, 0.25) is 0 Å². The first kappa shape index (κ1) is 22.4. The summed E-state index contributed by atoms with van der Waals surface area (Å²) in [5.41, 5.74) is 9.05. The minimum absolute atomic E-state index is 0.0317. The zero-order valence-electron chi connectivity index (χ0n) is 14.9. The molecule has 0 amide bonds. The summed E-state index contributed by atoms with van der Waals surface area (Å²) < 4.78 is 44.6. The molecule has 0 heterocycles. The summed E-state index contributed by atoms with van der Waals surface area (Å²) in [6.45, 7) is 4.58. The molecule has 0 atom stereocenters. The molecule has 0 saturated carbocycles. The van der Waals surface area contributed by atoms with Gasteiger partial charge >= 0.3 is 0 Å². The van der Waals surface area contributed by atoms with Crippen LogP contribution in [0.5, 0.6) is 0 Å². The van der Waals surface area contributed by atoms with Crippen molar-refractivity contribution in [3.8, 4) is 0 Å². The van der Waals surface area contributed by atoms with E-state index in [1.165, 1.54) is 12.1 Å². The van der Waals surface area contributed by atoms with E-state index in [1.807, 2.05) is 6.92 Å². The van der Waals surface area contributed by atoms with E-state index in [1.54, 1.807) is 12.1 Å². The van der Waals surface area contributed by atoms with Gasteiger partial charge in [-0.3, -0.25) is 4.18 Å². The van der Waals surface area contributed by atoms with Crippen molar-refractivity contribution in [2.75, 3.05) is 52.8 Å². The fourth-order valence-corrected chi connectivity index (χ4v) is 2.71. The lowest BCUT2D eigenvalue weighted by molar-refractivity contribution is 0.0347. The van der Waals surface area contributed by atoms with Crippen LogP contribution in [0.1, 0.15) is 12.0 Å². The van der Waals surface area contributed by atoms with E-state index in [4.69, 9.17) is 23.9 Å². The monoisotopic (exact) mass is 387 g/mol. The van der Waals surface area contributed by atoms with Crippen molar-refractivity contribution in [2.45, 2.75) is 18.2 Å². The van der Waals surface area contributed by atoms with Crippen LogP contribution in [0.3, 0.4) is 0 Å². The molecule has 9 nitrogen and oxygen atoms in total. The van der Waals surface area contributed by atoms with Gasteiger partial charge in [0, 0.05) is 24.7 Å². The van der Waals surface area contributed by atoms with Gasteiger partial charge in [0.1, 0.15) is 0 Å². The first-order valence-corrected chi connectivity index (χ1v) is 9.67. The van der Waals surface area contributed by atoms with Gasteiger partial charge in [-0.25, -0.2) is 0 Å². The lowest BCUT2D eigenvalue weighted by Crippen LogP contribution is -2.13. The topological polar surface area (TPSA) is 120 Å². The molecule has 0 saturated heterocycles. The van der Waals surface area contributed by atoms with Crippen LogP contribution in [0.25, 0.3) is 10.4 Å². The zero-order chi connectivity index (χ0) is 19.1. The molecule has 0 aliphatic heterocycles. The number of hydrogen-bond acceptors (Lipinski definition) is 7. The van der Waals surface area contributed by atoms with E-state index in [0.717, 1.165) is 5.56 Å². The summed E-state index contributed by atoms with van der Waals surface area (Å²) >= 11 is 0. The van der Waals surface area contributed by atoms with Gasteiger partial charge in [-0.05, 0) is 31.0 Å². The number of rotatable bonds is 15. The molecule has 1 aromatic rings. The fourth-order valence-electron chi connectivity index (χ4n) is 1.81. The number of aryl methyl sites for hydroxylation is 1. The lowest BCUT2D eigenvalue weighted by Gasteiger charge is -2.07. The molecule has 1 aromatic carbocycles. The van der Waals surface area contributed by atoms with Gasteiger partial charge in [0.05, 0.1) is 37.9 Å². The highest BCUT2D eigenvalue weighted by molar-refractivity contribution is 7.86. The van der Waals surface area contributed by atoms with Crippen molar-refractivity contribution in [3.05, 3.63) is 40.3 Å². The molecule has 0 N–H and O–H groups in total. The molecule has 0 fully saturated rings. The Morgan fingerprint density at radius 2 is 1.50 bits per heavy atom. The minimum atomic E-state index is -3.74. The summed E-state index contributed by atoms with van der Waals surface area (Å²) in [7, 11) is -3.74. The van der Waals surface area contributed by atoms with Crippen molar-refractivity contribution in [1.82, 2.24) is 0 Å². The van der Waals surface area contributed by atoms with Gasteiger partial charge in [0.15, 0.2) is 0 Å². The summed E-state index contributed by atoms with van der Waals surface area (Å²) in [5.74, 6) is 0. The van der Waals surface area contributed by atoms with Crippen LogP contribution in [-0.4, -0.2) is 61.2 Å². The summed E-state index contributed by atoms with van der Waals surface area (Å²) in [4.78, 5) is 2.75. The minimum Gasteiger partial charge on any atom is -0.379 e. The highest BCUT2D eigenvalue weighted by Crippen LogP contribution is 2.12. The predicted molar refractivity (Wildman–Crippen MR) is 95.4 cm³/mol. The average molecular weight is 387 g/mol. The molecule has 146 valence electrons. The van der Waals surface area contributed by atoms with E-state index in [0.29, 0.717) is 46.0 Å². The van der Waals surface area contributed by atoms with Crippen LogP contribution in [0.2, 0.25) is 0 Å². The smallest absolute Gasteiger partial charge is 0.297 e.